The fourth-order valence-corrected chi connectivity index (χ4v) is 4.18. The molecule has 2 heterocycles. The summed E-state index contributed by atoms with van der Waals surface area (Å²) in [4.78, 5) is 14.1. The minimum atomic E-state index is -3.67. The first kappa shape index (κ1) is 22.3. The topological polar surface area (TPSA) is 101 Å². The Labute approximate surface area is 176 Å². The molecule has 0 atom stereocenters. The fraction of sp³-hybridized carbons (Fsp3) is 0.450. The van der Waals surface area contributed by atoms with Gasteiger partial charge in [0.25, 0.3) is 15.9 Å². The number of morpholine rings is 1. The van der Waals surface area contributed by atoms with Gasteiger partial charge in [-0.2, -0.15) is 4.31 Å². The Morgan fingerprint density at radius 1 is 1.13 bits per heavy atom. The number of carbonyl (C=O) groups is 1. The van der Waals surface area contributed by atoms with Crippen molar-refractivity contribution in [2.24, 2.45) is 0 Å². The molecule has 1 saturated heterocycles. The van der Waals surface area contributed by atoms with E-state index in [1.54, 1.807) is 30.3 Å². The highest BCUT2D eigenvalue weighted by Gasteiger charge is 2.29. The Hall–Kier alpha value is -2.40. The Bertz CT molecular complexity index is 934. The van der Waals surface area contributed by atoms with Crippen molar-refractivity contribution in [3.05, 3.63) is 47.7 Å². The van der Waals surface area contributed by atoms with Gasteiger partial charge in [0.1, 0.15) is 18.1 Å². The quantitative estimate of drug-likeness (QED) is 0.628. The van der Waals surface area contributed by atoms with Crippen molar-refractivity contribution < 1.29 is 27.1 Å². The van der Waals surface area contributed by atoms with Crippen molar-refractivity contribution in [1.29, 1.82) is 0 Å². The summed E-state index contributed by atoms with van der Waals surface area (Å²) < 4.78 is 42.8. The zero-order valence-electron chi connectivity index (χ0n) is 17.2. The molecule has 0 saturated carbocycles. The number of sulfonamides is 1. The summed E-state index contributed by atoms with van der Waals surface area (Å²) in [5, 5.41) is 2.74. The fourth-order valence-electron chi connectivity index (χ4n) is 2.84. The van der Waals surface area contributed by atoms with E-state index in [9.17, 15) is 13.2 Å². The molecule has 0 radical (unpaired) electrons. The number of likely N-dealkylation sites (N-methyl/N-ethyl adjacent to an activating group) is 1. The monoisotopic (exact) mass is 437 g/mol. The summed E-state index contributed by atoms with van der Waals surface area (Å²) in [6, 6.07) is 9.75. The lowest BCUT2D eigenvalue weighted by Gasteiger charge is -2.24. The maximum atomic E-state index is 12.6. The minimum Gasteiger partial charge on any atom is -0.486 e. The number of nitrogens with zero attached hydrogens (tertiary/aromatic N) is 2. The van der Waals surface area contributed by atoms with Crippen molar-refractivity contribution >= 4 is 15.9 Å². The van der Waals surface area contributed by atoms with Gasteiger partial charge >= 0.3 is 0 Å². The minimum absolute atomic E-state index is 0.0764. The number of furan rings is 1. The molecule has 0 unspecified atom stereocenters. The van der Waals surface area contributed by atoms with Gasteiger partial charge in [0.2, 0.25) is 5.09 Å². The van der Waals surface area contributed by atoms with Crippen LogP contribution in [0.5, 0.6) is 5.75 Å². The van der Waals surface area contributed by atoms with Gasteiger partial charge in [-0.25, -0.2) is 8.42 Å². The molecule has 30 heavy (non-hydrogen) atoms. The first-order valence-corrected chi connectivity index (χ1v) is 11.1. The van der Waals surface area contributed by atoms with E-state index in [1.165, 1.54) is 10.4 Å². The molecule has 10 heteroatoms. The molecule has 2 aromatic rings. The molecule has 9 nitrogen and oxygen atoms in total. The summed E-state index contributed by atoms with van der Waals surface area (Å²) in [6.45, 7) is 2.78. The van der Waals surface area contributed by atoms with E-state index >= 15 is 0 Å². The summed E-state index contributed by atoms with van der Waals surface area (Å²) >= 11 is 0. The van der Waals surface area contributed by atoms with Crippen molar-refractivity contribution in [1.82, 2.24) is 14.5 Å². The number of amides is 1. The van der Waals surface area contributed by atoms with Gasteiger partial charge in [0, 0.05) is 31.7 Å². The highest BCUT2D eigenvalue weighted by Crippen LogP contribution is 2.21. The summed E-state index contributed by atoms with van der Waals surface area (Å²) in [6.07, 6.45) is 0. The Kier molecular flexibility index (Phi) is 7.48. The van der Waals surface area contributed by atoms with Crippen LogP contribution in [0.1, 0.15) is 16.1 Å². The van der Waals surface area contributed by atoms with Crippen molar-refractivity contribution in [3.63, 3.8) is 0 Å². The number of ether oxygens (including phenoxy) is 2. The molecular weight excluding hydrogens is 410 g/mol. The van der Waals surface area contributed by atoms with Crippen LogP contribution in [-0.2, 0) is 21.4 Å². The molecule has 1 aromatic carbocycles. The van der Waals surface area contributed by atoms with E-state index in [4.69, 9.17) is 13.9 Å². The average Bonchev–Trinajstić information content (AvgIpc) is 3.23. The predicted molar refractivity (Wildman–Crippen MR) is 110 cm³/mol. The number of hydrogen-bond donors (Lipinski definition) is 1. The van der Waals surface area contributed by atoms with Gasteiger partial charge in [0.05, 0.1) is 13.2 Å². The zero-order chi connectivity index (χ0) is 21.6. The predicted octanol–water partition coefficient (Wildman–Crippen LogP) is 1.17. The molecule has 1 fully saturated rings. The molecule has 0 spiro atoms. The SMILES string of the molecule is CN(C)CCNC(=O)c1ccc(OCc2ccc(S(=O)(=O)N3CCOCC3)o2)cc1. The van der Waals surface area contributed by atoms with Crippen molar-refractivity contribution in [2.45, 2.75) is 11.7 Å². The maximum Gasteiger partial charge on any atom is 0.276 e. The van der Waals surface area contributed by atoms with Crippen LogP contribution in [0, 0.1) is 0 Å². The second kappa shape index (κ2) is 10.1. The van der Waals surface area contributed by atoms with Crippen LogP contribution in [0.4, 0.5) is 0 Å². The molecule has 1 aliphatic rings. The van der Waals surface area contributed by atoms with Gasteiger partial charge in [-0.1, -0.05) is 0 Å². The van der Waals surface area contributed by atoms with Gasteiger partial charge in [-0.15, -0.1) is 0 Å². The lowest BCUT2D eigenvalue weighted by Crippen LogP contribution is -2.40. The van der Waals surface area contributed by atoms with Crippen LogP contribution >= 0.6 is 0 Å². The smallest absolute Gasteiger partial charge is 0.276 e. The molecule has 0 bridgehead atoms. The highest BCUT2D eigenvalue weighted by atomic mass is 32.2. The molecule has 0 aliphatic carbocycles. The van der Waals surface area contributed by atoms with Gasteiger partial charge < -0.3 is 24.1 Å². The van der Waals surface area contributed by atoms with Crippen molar-refractivity contribution in [2.75, 3.05) is 53.5 Å². The number of benzene rings is 1. The van der Waals surface area contributed by atoms with Gasteiger partial charge in [0.15, 0.2) is 0 Å². The second-order valence-electron chi connectivity index (χ2n) is 7.11. The maximum absolute atomic E-state index is 12.6. The summed E-state index contributed by atoms with van der Waals surface area (Å²) in [5.41, 5.74) is 0.540. The summed E-state index contributed by atoms with van der Waals surface area (Å²) in [7, 11) is 0.217. The average molecular weight is 438 g/mol. The normalized spacial score (nSPS) is 15.3. The van der Waals surface area contributed by atoms with E-state index in [0.717, 1.165) is 6.54 Å². The number of nitrogens with one attached hydrogen (secondary N) is 1. The molecule has 3 rings (SSSR count). The molecule has 1 amide bonds. The van der Waals surface area contributed by atoms with E-state index < -0.39 is 10.0 Å². The highest BCUT2D eigenvalue weighted by molar-refractivity contribution is 7.89. The molecular formula is C20H27N3O6S. The van der Waals surface area contributed by atoms with E-state index in [1.807, 2.05) is 19.0 Å². The van der Waals surface area contributed by atoms with Gasteiger partial charge in [-0.05, 0) is 50.5 Å². The van der Waals surface area contributed by atoms with Crippen molar-refractivity contribution in [3.8, 4) is 5.75 Å². The van der Waals surface area contributed by atoms with Crippen LogP contribution in [0.25, 0.3) is 0 Å². The van der Waals surface area contributed by atoms with Crippen LogP contribution in [0.2, 0.25) is 0 Å². The number of hydrogen-bond acceptors (Lipinski definition) is 7. The van der Waals surface area contributed by atoms with Crippen LogP contribution < -0.4 is 10.1 Å². The second-order valence-corrected chi connectivity index (χ2v) is 8.98. The van der Waals surface area contributed by atoms with Gasteiger partial charge in [-0.3, -0.25) is 4.79 Å². The standard InChI is InChI=1S/C20H27N3O6S/c1-22(2)10-9-21-20(24)16-3-5-17(6-4-16)28-15-18-7-8-19(29-18)30(25,26)23-11-13-27-14-12-23/h3-8H,9-15H2,1-2H3,(H,21,24). The molecule has 1 aliphatic heterocycles. The Balaban J connectivity index is 1.53. The first-order valence-electron chi connectivity index (χ1n) is 9.68. The van der Waals surface area contributed by atoms with E-state index in [0.29, 0.717) is 49.9 Å². The third kappa shape index (κ3) is 5.82. The lowest BCUT2D eigenvalue weighted by molar-refractivity contribution is 0.0723. The van der Waals surface area contributed by atoms with E-state index in [2.05, 4.69) is 5.32 Å². The zero-order valence-corrected chi connectivity index (χ0v) is 18.0. The lowest BCUT2D eigenvalue weighted by atomic mass is 10.2. The van der Waals surface area contributed by atoms with Crippen LogP contribution in [0.3, 0.4) is 0 Å². The molecule has 1 aromatic heterocycles. The largest absolute Gasteiger partial charge is 0.486 e. The third-order valence-corrected chi connectivity index (χ3v) is 6.32. The molecule has 1 N–H and O–H groups in total. The van der Waals surface area contributed by atoms with E-state index in [-0.39, 0.29) is 17.6 Å². The van der Waals surface area contributed by atoms with Crippen LogP contribution in [0.15, 0.2) is 45.9 Å². The Morgan fingerprint density at radius 3 is 2.50 bits per heavy atom. The number of rotatable bonds is 9. The number of carbonyl (C=O) groups excluding carboxylic acids is 1. The summed E-state index contributed by atoms with van der Waals surface area (Å²) in [5.74, 6) is 0.800. The Morgan fingerprint density at radius 2 is 1.83 bits per heavy atom. The van der Waals surface area contributed by atoms with Crippen LogP contribution in [-0.4, -0.2) is 77.0 Å². The first-order chi connectivity index (χ1) is 14.4. The third-order valence-electron chi connectivity index (χ3n) is 4.54. The molecule has 164 valence electrons.